The van der Waals surface area contributed by atoms with Crippen molar-refractivity contribution < 1.29 is 4.74 Å². The maximum absolute atomic E-state index is 5.93. The number of pyridine rings is 1. The largest absolute Gasteiger partial charge is 0.457 e. The van der Waals surface area contributed by atoms with Crippen LogP contribution in [0.25, 0.3) is 10.8 Å². The Morgan fingerprint density at radius 2 is 1.76 bits per heavy atom. The van der Waals surface area contributed by atoms with Crippen LogP contribution in [0.5, 0.6) is 11.5 Å². The maximum Gasteiger partial charge on any atom is 0.132 e. The number of nitrogens with one attached hydrogen (secondary N) is 1. The summed E-state index contributed by atoms with van der Waals surface area (Å²) < 4.78 is 5.93. The molecule has 3 rings (SSSR count). The molecule has 0 aliphatic heterocycles. The van der Waals surface area contributed by atoms with Crippen molar-refractivity contribution in [1.82, 2.24) is 4.98 Å². The summed E-state index contributed by atoms with van der Waals surface area (Å²) in [6.45, 7) is 3.04. The van der Waals surface area contributed by atoms with Crippen molar-refractivity contribution in [2.24, 2.45) is 0 Å². The Hall–Kier alpha value is -2.55. The third kappa shape index (κ3) is 3.31. The van der Waals surface area contributed by atoms with E-state index in [9.17, 15) is 0 Å². The fourth-order valence-electron chi connectivity index (χ4n) is 2.19. The fourth-order valence-corrected chi connectivity index (χ4v) is 2.19. The van der Waals surface area contributed by atoms with Gasteiger partial charge in [-0.05, 0) is 35.4 Å². The molecule has 0 aliphatic carbocycles. The van der Waals surface area contributed by atoms with Gasteiger partial charge in [0, 0.05) is 18.8 Å². The lowest BCUT2D eigenvalue weighted by molar-refractivity contribution is 0.483. The standard InChI is InChI=1S/C18H18N2O/c1-2-10-19-18-13-17(9-11-20-18)21-16-8-7-14-5-3-4-6-15(14)12-16/h3-9,11-13H,2,10H2,1H3,(H,19,20). The van der Waals surface area contributed by atoms with Crippen LogP contribution in [0.4, 0.5) is 5.82 Å². The van der Waals surface area contributed by atoms with Gasteiger partial charge < -0.3 is 10.1 Å². The lowest BCUT2D eigenvalue weighted by Gasteiger charge is -2.09. The first-order valence-corrected chi connectivity index (χ1v) is 7.22. The first-order valence-electron chi connectivity index (χ1n) is 7.22. The van der Waals surface area contributed by atoms with Gasteiger partial charge in [0.25, 0.3) is 0 Å². The van der Waals surface area contributed by atoms with Crippen molar-refractivity contribution in [2.75, 3.05) is 11.9 Å². The summed E-state index contributed by atoms with van der Waals surface area (Å²) >= 11 is 0. The van der Waals surface area contributed by atoms with Crippen LogP contribution in [0.1, 0.15) is 13.3 Å². The molecule has 1 aromatic heterocycles. The third-order valence-corrected chi connectivity index (χ3v) is 3.24. The minimum atomic E-state index is 0.791. The molecule has 1 heterocycles. The van der Waals surface area contributed by atoms with Crippen molar-refractivity contribution in [3.05, 3.63) is 60.8 Å². The van der Waals surface area contributed by atoms with Gasteiger partial charge in [-0.2, -0.15) is 0 Å². The van der Waals surface area contributed by atoms with Crippen molar-refractivity contribution in [3.8, 4) is 11.5 Å². The Morgan fingerprint density at radius 1 is 0.952 bits per heavy atom. The zero-order valence-corrected chi connectivity index (χ0v) is 12.0. The lowest BCUT2D eigenvalue weighted by atomic mass is 10.1. The quantitative estimate of drug-likeness (QED) is 0.724. The van der Waals surface area contributed by atoms with Crippen LogP contribution in [-0.4, -0.2) is 11.5 Å². The lowest BCUT2D eigenvalue weighted by Crippen LogP contribution is -2.01. The number of hydrogen-bond donors (Lipinski definition) is 1. The molecule has 3 heteroatoms. The van der Waals surface area contributed by atoms with Gasteiger partial charge in [-0.15, -0.1) is 0 Å². The molecule has 21 heavy (non-hydrogen) atoms. The number of anilines is 1. The molecule has 0 fully saturated rings. The van der Waals surface area contributed by atoms with E-state index in [-0.39, 0.29) is 0 Å². The molecular formula is C18H18N2O. The summed E-state index contributed by atoms with van der Waals surface area (Å²) in [5, 5.41) is 5.65. The summed E-state index contributed by atoms with van der Waals surface area (Å²) in [6, 6.07) is 18.2. The second kappa shape index (κ2) is 6.27. The molecule has 1 N–H and O–H groups in total. The first kappa shape index (κ1) is 13.4. The molecule has 0 radical (unpaired) electrons. The van der Waals surface area contributed by atoms with Crippen LogP contribution in [0.15, 0.2) is 60.8 Å². The minimum Gasteiger partial charge on any atom is -0.457 e. The van der Waals surface area contributed by atoms with E-state index in [1.54, 1.807) is 6.20 Å². The smallest absolute Gasteiger partial charge is 0.132 e. The molecule has 0 saturated carbocycles. The number of ether oxygens (including phenoxy) is 1. The predicted octanol–water partition coefficient (Wildman–Crippen LogP) is 4.85. The second-order valence-electron chi connectivity index (χ2n) is 4.91. The van der Waals surface area contributed by atoms with Crippen molar-refractivity contribution in [1.29, 1.82) is 0 Å². The van der Waals surface area contributed by atoms with Crippen LogP contribution in [0.2, 0.25) is 0 Å². The van der Waals surface area contributed by atoms with Crippen LogP contribution in [0.3, 0.4) is 0 Å². The van der Waals surface area contributed by atoms with Crippen LogP contribution in [0, 0.1) is 0 Å². The van der Waals surface area contributed by atoms with Gasteiger partial charge in [0.15, 0.2) is 0 Å². The summed E-state index contributed by atoms with van der Waals surface area (Å²) in [5.41, 5.74) is 0. The van der Waals surface area contributed by atoms with Crippen LogP contribution in [-0.2, 0) is 0 Å². The second-order valence-corrected chi connectivity index (χ2v) is 4.91. The molecule has 0 spiro atoms. The van der Waals surface area contributed by atoms with E-state index in [1.165, 1.54) is 10.8 Å². The number of aromatic nitrogens is 1. The fraction of sp³-hybridized carbons (Fsp3) is 0.167. The summed E-state index contributed by atoms with van der Waals surface area (Å²) in [6.07, 6.45) is 2.83. The van der Waals surface area contributed by atoms with Gasteiger partial charge >= 0.3 is 0 Å². The Balaban J connectivity index is 1.81. The molecule has 2 aromatic carbocycles. The highest BCUT2D eigenvalue weighted by molar-refractivity contribution is 5.83. The monoisotopic (exact) mass is 278 g/mol. The Morgan fingerprint density at radius 3 is 2.62 bits per heavy atom. The topological polar surface area (TPSA) is 34.1 Å². The molecule has 0 saturated heterocycles. The Bertz CT molecular complexity index is 740. The highest BCUT2D eigenvalue weighted by Crippen LogP contribution is 2.26. The van der Waals surface area contributed by atoms with Crippen LogP contribution < -0.4 is 10.1 Å². The van der Waals surface area contributed by atoms with Gasteiger partial charge in [0.1, 0.15) is 17.3 Å². The number of hydrogen-bond acceptors (Lipinski definition) is 3. The average Bonchev–Trinajstić information content (AvgIpc) is 2.53. The van der Waals surface area contributed by atoms with Gasteiger partial charge in [-0.1, -0.05) is 37.3 Å². The molecular weight excluding hydrogens is 260 g/mol. The average molecular weight is 278 g/mol. The molecule has 0 unspecified atom stereocenters. The van der Waals surface area contributed by atoms with Crippen molar-refractivity contribution in [2.45, 2.75) is 13.3 Å². The van der Waals surface area contributed by atoms with E-state index in [2.05, 4.69) is 41.5 Å². The maximum atomic E-state index is 5.93. The first-order chi connectivity index (χ1) is 10.3. The van der Waals surface area contributed by atoms with Gasteiger partial charge in [0.05, 0.1) is 0 Å². The minimum absolute atomic E-state index is 0.791. The van der Waals surface area contributed by atoms with Crippen LogP contribution >= 0.6 is 0 Å². The highest BCUT2D eigenvalue weighted by Gasteiger charge is 2.01. The molecule has 3 aromatic rings. The molecule has 106 valence electrons. The summed E-state index contributed by atoms with van der Waals surface area (Å²) in [4.78, 5) is 4.28. The van der Waals surface area contributed by atoms with E-state index in [0.717, 1.165) is 30.3 Å². The highest BCUT2D eigenvalue weighted by atomic mass is 16.5. The van der Waals surface area contributed by atoms with E-state index < -0.39 is 0 Å². The molecule has 0 amide bonds. The number of rotatable bonds is 5. The molecule has 0 atom stereocenters. The van der Waals surface area contributed by atoms with E-state index in [1.807, 2.05) is 30.3 Å². The van der Waals surface area contributed by atoms with E-state index >= 15 is 0 Å². The number of nitrogens with zero attached hydrogens (tertiary/aromatic N) is 1. The zero-order chi connectivity index (χ0) is 14.5. The van der Waals surface area contributed by atoms with Crippen molar-refractivity contribution in [3.63, 3.8) is 0 Å². The van der Waals surface area contributed by atoms with E-state index in [4.69, 9.17) is 4.74 Å². The molecule has 0 aliphatic rings. The van der Waals surface area contributed by atoms with Crippen molar-refractivity contribution >= 4 is 16.6 Å². The van der Waals surface area contributed by atoms with E-state index in [0.29, 0.717) is 0 Å². The Kier molecular flexibility index (Phi) is 4.01. The Labute approximate surface area is 124 Å². The predicted molar refractivity (Wildman–Crippen MR) is 87.0 cm³/mol. The van der Waals surface area contributed by atoms with Gasteiger partial charge in [-0.25, -0.2) is 4.98 Å². The molecule has 3 nitrogen and oxygen atoms in total. The summed E-state index contributed by atoms with van der Waals surface area (Å²) in [7, 11) is 0. The zero-order valence-electron chi connectivity index (χ0n) is 12.0. The van der Waals surface area contributed by atoms with Gasteiger partial charge in [-0.3, -0.25) is 0 Å². The van der Waals surface area contributed by atoms with Gasteiger partial charge in [0.2, 0.25) is 0 Å². The third-order valence-electron chi connectivity index (χ3n) is 3.24. The number of benzene rings is 2. The number of fused-ring (bicyclic) bond motifs is 1. The normalized spacial score (nSPS) is 10.5. The summed E-state index contributed by atoms with van der Waals surface area (Å²) in [5.74, 6) is 2.47. The SMILES string of the molecule is CCCNc1cc(Oc2ccc3ccccc3c2)ccn1. The molecule has 0 bridgehead atoms.